The molecule has 0 aliphatic carbocycles. The van der Waals surface area contributed by atoms with Crippen LogP contribution in [0.25, 0.3) is 0 Å². The highest BCUT2D eigenvalue weighted by molar-refractivity contribution is 7.12. The zero-order valence-corrected chi connectivity index (χ0v) is 72.4. The number of halogens is 3. The molecule has 0 radical (unpaired) electrons. The molecule has 120 heavy (non-hydrogen) atoms. The Morgan fingerprint density at radius 1 is 0.450 bits per heavy atom. The van der Waals surface area contributed by atoms with Crippen molar-refractivity contribution in [1.82, 2.24) is 51.5 Å². The number of aliphatic imine (C=N–C) groups is 4. The van der Waals surface area contributed by atoms with Crippen molar-refractivity contribution in [3.63, 3.8) is 0 Å². The number of hydrogen-bond acceptors (Lipinski definition) is 19. The van der Waals surface area contributed by atoms with Gasteiger partial charge in [-0.15, -0.1) is 34.0 Å². The summed E-state index contributed by atoms with van der Waals surface area (Å²) in [5.41, 5.74) is 14.0. The molecule has 632 valence electrons. The van der Waals surface area contributed by atoms with Crippen LogP contribution in [0.2, 0.25) is 0 Å². The summed E-state index contributed by atoms with van der Waals surface area (Å²) < 4.78 is 46.0. The SMILES string of the molecule is CC(C)CC1(NC2=NC(C)(C(C)C)C(NC3=NC(C)(C(C)C)CC(=O)N3Cc3csc(C(=O)NC(C)c4cc(F)cc(CC(NC(=O)c5cc(CN6C(=O)CC(C)(C(C)C)N=C6N)cs5)c5ccc(F)cc5)c4)c3)C(=O)N2Cc2csc(C(=O)NC(C)c3ccccc3)c2)CC(=O)N(Cc2cc(F)cc(C(=O)NC(C)c3ccccc3)c2)C(N)=N1. The maximum Gasteiger partial charge on any atom is 0.261 e. The first-order chi connectivity index (χ1) is 56.8. The highest BCUT2D eigenvalue weighted by Crippen LogP contribution is 2.39. The number of thiophene rings is 3. The van der Waals surface area contributed by atoms with Crippen LogP contribution in [0.15, 0.2) is 176 Å². The van der Waals surface area contributed by atoms with E-state index in [1.807, 2.05) is 151 Å². The lowest BCUT2D eigenvalue weighted by atomic mass is 9.79. The van der Waals surface area contributed by atoms with Gasteiger partial charge in [-0.25, -0.2) is 33.1 Å². The van der Waals surface area contributed by atoms with Gasteiger partial charge >= 0.3 is 0 Å². The monoisotopic (exact) mass is 1690 g/mol. The highest BCUT2D eigenvalue weighted by Gasteiger charge is 2.53. The van der Waals surface area contributed by atoms with E-state index in [0.29, 0.717) is 43.1 Å². The second kappa shape index (κ2) is 36.3. The molecule has 3 aromatic heterocycles. The van der Waals surface area contributed by atoms with Gasteiger partial charge in [0, 0.05) is 5.56 Å². The number of amides is 8. The first-order valence-electron chi connectivity index (χ1n) is 40.3. The fraction of sp³-hybridized carbons (Fsp3) is 0.400. The van der Waals surface area contributed by atoms with Gasteiger partial charge < -0.3 is 43.4 Å². The Balaban J connectivity index is 0.795. The van der Waals surface area contributed by atoms with E-state index in [-0.39, 0.29) is 140 Å². The number of guanidine groups is 4. The van der Waals surface area contributed by atoms with E-state index in [4.69, 9.17) is 26.4 Å². The van der Waals surface area contributed by atoms with Crippen LogP contribution in [-0.2, 0) is 51.8 Å². The lowest BCUT2D eigenvalue weighted by Gasteiger charge is -2.48. The van der Waals surface area contributed by atoms with Crippen molar-refractivity contribution in [2.24, 2.45) is 55.1 Å². The average molecular weight is 1690 g/mol. The van der Waals surface area contributed by atoms with Crippen molar-refractivity contribution in [3.8, 4) is 0 Å². The third-order valence-electron chi connectivity index (χ3n) is 23.3. The molecule has 4 aliphatic heterocycles. The molecule has 0 saturated heterocycles. The van der Waals surface area contributed by atoms with E-state index >= 15 is 18.4 Å². The zero-order valence-electron chi connectivity index (χ0n) is 69.9. The van der Waals surface area contributed by atoms with Crippen molar-refractivity contribution < 1.29 is 51.5 Å². The van der Waals surface area contributed by atoms with Crippen LogP contribution in [0.4, 0.5) is 13.2 Å². The predicted octanol–water partition coefficient (Wildman–Crippen LogP) is 14.3. The van der Waals surface area contributed by atoms with Crippen LogP contribution in [0.5, 0.6) is 0 Å². The van der Waals surface area contributed by atoms with Gasteiger partial charge in [-0.3, -0.25) is 58.0 Å². The minimum absolute atomic E-state index is 0.00946. The van der Waals surface area contributed by atoms with Gasteiger partial charge in [-0.1, -0.05) is 134 Å². The number of hydrogen-bond donors (Lipinski definition) is 8. The van der Waals surface area contributed by atoms with Crippen LogP contribution in [0, 0.1) is 41.1 Å². The maximum atomic E-state index is 16.4. The van der Waals surface area contributed by atoms with Crippen molar-refractivity contribution in [3.05, 3.63) is 243 Å². The smallest absolute Gasteiger partial charge is 0.261 e. The summed E-state index contributed by atoms with van der Waals surface area (Å²) >= 11 is 3.50. The molecular weight excluding hydrogens is 1590 g/mol. The standard InChI is InChI=1S/C90H105F3N16O8S3/c1-50(2)39-90(42-76(112)106(84(95)102-90)43-58-30-66(38-69(93)32-58)78(113)96-54(9)62-21-17-15-18-22-62)105-86-104-89(14,53(7)8)77(82(117)109(86)46-61-36-72(119-49-61)79(114)97-55(10)63-23-19-16-20-24-63)100-85-103-88(13,52(5)6)41-75(111)108(85)45-60-35-71(118-48-60)80(115)98-56(11)65-29-57(31-68(92)37-65)33-70(64-25-27-67(91)28-26-64)99-81(116)73-34-59(47-120-73)44-107-74(110)40-87(12,51(3)4)101-83(107)94/h15-32,34-38,47-56,70,77H,33,39-46H2,1-14H3,(H2,94,101)(H2,95,102)(H,96,113)(H,97,114)(H,98,115)(H,99,116)(H,100,103)(H,104,105). The van der Waals surface area contributed by atoms with Crippen molar-refractivity contribution in [2.75, 3.05) is 0 Å². The number of nitrogens with two attached hydrogens (primary N) is 2. The third-order valence-corrected chi connectivity index (χ3v) is 26.2. The van der Waals surface area contributed by atoms with Crippen LogP contribution < -0.4 is 43.4 Å². The van der Waals surface area contributed by atoms with E-state index < -0.39 is 99.4 Å². The maximum absolute atomic E-state index is 16.4. The van der Waals surface area contributed by atoms with Gasteiger partial charge in [0.2, 0.25) is 35.6 Å². The van der Waals surface area contributed by atoms with Gasteiger partial charge in [0.05, 0.1) is 101 Å². The molecule has 9 unspecified atom stereocenters. The molecule has 4 aliphatic rings. The molecular formula is C90H105F3N16O8S3. The molecule has 0 saturated carbocycles. The van der Waals surface area contributed by atoms with Crippen molar-refractivity contribution >= 4 is 105 Å². The fourth-order valence-electron chi connectivity index (χ4n) is 15.2. The fourth-order valence-corrected chi connectivity index (χ4v) is 17.6. The minimum Gasteiger partial charge on any atom is -0.369 e. The molecule has 0 bridgehead atoms. The van der Waals surface area contributed by atoms with E-state index in [0.717, 1.165) is 28.5 Å². The van der Waals surface area contributed by atoms with Gasteiger partial charge in [0.1, 0.15) is 29.2 Å². The zero-order chi connectivity index (χ0) is 86.6. The Labute approximate surface area is 710 Å². The molecule has 0 fully saturated rings. The molecule has 8 amide bonds. The molecule has 5 aromatic carbocycles. The van der Waals surface area contributed by atoms with Crippen LogP contribution >= 0.6 is 34.0 Å². The summed E-state index contributed by atoms with van der Waals surface area (Å²) in [7, 11) is 0. The topological polar surface area (TPSA) is 323 Å². The molecule has 9 atom stereocenters. The minimum atomic E-state index is -1.54. The number of benzene rings is 5. The van der Waals surface area contributed by atoms with Gasteiger partial charge in [0.15, 0.2) is 5.96 Å². The lowest BCUT2D eigenvalue weighted by molar-refractivity contribution is -0.134. The summed E-state index contributed by atoms with van der Waals surface area (Å²) in [5.74, 6) is -5.81. The van der Waals surface area contributed by atoms with Crippen LogP contribution in [0.1, 0.15) is 236 Å². The summed E-state index contributed by atoms with van der Waals surface area (Å²) in [4.78, 5) is 143. The van der Waals surface area contributed by atoms with E-state index in [1.54, 1.807) is 59.5 Å². The van der Waals surface area contributed by atoms with Crippen LogP contribution in [0.3, 0.4) is 0 Å². The van der Waals surface area contributed by atoms with E-state index in [9.17, 15) is 33.2 Å². The lowest BCUT2D eigenvalue weighted by Crippen LogP contribution is -2.71. The summed E-state index contributed by atoms with van der Waals surface area (Å²) in [6, 6.07) is 34.2. The number of carbonyl (C=O) groups excluding carboxylic acids is 8. The van der Waals surface area contributed by atoms with Gasteiger partial charge in [-0.2, -0.15) is 0 Å². The van der Waals surface area contributed by atoms with Gasteiger partial charge in [-0.05, 0) is 205 Å². The van der Waals surface area contributed by atoms with Crippen LogP contribution in [-0.4, -0.2) is 119 Å². The molecule has 10 N–H and O–H groups in total. The molecule has 0 spiro atoms. The van der Waals surface area contributed by atoms with E-state index in [2.05, 4.69) is 36.9 Å². The summed E-state index contributed by atoms with van der Waals surface area (Å²) in [6.45, 7) is 26.2. The van der Waals surface area contributed by atoms with Crippen molar-refractivity contribution in [1.29, 1.82) is 0 Å². The molecule has 7 heterocycles. The summed E-state index contributed by atoms with van der Waals surface area (Å²) in [6.07, 6.45) is 0.121. The van der Waals surface area contributed by atoms with Gasteiger partial charge in [0.25, 0.3) is 29.5 Å². The number of rotatable bonds is 29. The molecule has 8 aromatic rings. The first-order valence-corrected chi connectivity index (χ1v) is 43.0. The second-order valence-electron chi connectivity index (χ2n) is 33.8. The van der Waals surface area contributed by atoms with Crippen molar-refractivity contribution in [2.45, 2.75) is 208 Å². The molecule has 24 nitrogen and oxygen atoms in total. The average Bonchev–Trinajstić information content (AvgIpc) is 0.879. The first kappa shape index (κ1) is 87.9. The molecule has 30 heteroatoms. The number of nitrogens with one attached hydrogen (secondary N) is 6. The Kier molecular flexibility index (Phi) is 26.6. The Hall–Kier alpha value is -11.4. The summed E-state index contributed by atoms with van der Waals surface area (Å²) in [5, 5.41) is 24.4. The largest absolute Gasteiger partial charge is 0.369 e. The highest BCUT2D eigenvalue weighted by atomic mass is 32.1. The Morgan fingerprint density at radius 2 is 0.908 bits per heavy atom. The number of nitrogens with zero attached hydrogens (tertiary/aromatic N) is 8. The normalized spacial score (nSPS) is 21.3. The Bertz CT molecular complexity index is 5320. The van der Waals surface area contributed by atoms with E-state index in [1.165, 1.54) is 78.7 Å². The quantitative estimate of drug-likeness (QED) is 0.0217. The molecule has 12 rings (SSSR count). The third kappa shape index (κ3) is 20.2. The Morgan fingerprint density at radius 3 is 1.43 bits per heavy atom. The second-order valence-corrected chi connectivity index (χ2v) is 36.6. The number of carbonyl (C=O) groups is 8. The predicted molar refractivity (Wildman–Crippen MR) is 463 cm³/mol.